The van der Waals surface area contributed by atoms with Crippen LogP contribution in [-0.2, 0) is 0 Å². The highest BCUT2D eigenvalue weighted by molar-refractivity contribution is 5.94. The van der Waals surface area contributed by atoms with Crippen LogP contribution >= 0.6 is 0 Å². The van der Waals surface area contributed by atoms with E-state index in [1.54, 1.807) is 19.2 Å². The number of methoxy groups -OCH3 is 1. The van der Waals surface area contributed by atoms with Gasteiger partial charge in [0.15, 0.2) is 0 Å². The number of aryl methyl sites for hydroxylation is 1. The first kappa shape index (κ1) is 11.2. The van der Waals surface area contributed by atoms with Crippen LogP contribution in [0.4, 0.5) is 0 Å². The zero-order chi connectivity index (χ0) is 12.4. The minimum Gasteiger partial charge on any atom is -0.496 e. The molecule has 1 aromatic heterocycles. The number of aromatic carboxylic acids is 1. The summed E-state index contributed by atoms with van der Waals surface area (Å²) in [5, 5.41) is 15.5. The van der Waals surface area contributed by atoms with Crippen LogP contribution in [0, 0.1) is 6.92 Å². The Balaban J connectivity index is 2.50. The number of rotatable bonds is 3. The summed E-state index contributed by atoms with van der Waals surface area (Å²) in [5.74, 6) is -0.229. The Hall–Kier alpha value is -2.30. The van der Waals surface area contributed by atoms with Gasteiger partial charge < -0.3 is 9.84 Å². The lowest BCUT2D eigenvalue weighted by atomic mass is 10.1. The van der Waals surface area contributed by atoms with Crippen molar-refractivity contribution in [3.63, 3.8) is 0 Å². The molecule has 0 atom stereocenters. The molecule has 5 nitrogen and oxygen atoms in total. The summed E-state index contributed by atoms with van der Waals surface area (Å²) < 4.78 is 5.15. The summed E-state index contributed by atoms with van der Waals surface area (Å²) >= 11 is 0. The zero-order valence-electron chi connectivity index (χ0n) is 9.52. The summed E-state index contributed by atoms with van der Waals surface area (Å²) in [6.07, 6.45) is 1.30. The lowest BCUT2D eigenvalue weighted by Crippen LogP contribution is -1.97. The lowest BCUT2D eigenvalue weighted by molar-refractivity contribution is 0.0698. The Kier molecular flexibility index (Phi) is 2.82. The van der Waals surface area contributed by atoms with E-state index in [1.165, 1.54) is 6.20 Å². The summed E-state index contributed by atoms with van der Waals surface area (Å²) in [4.78, 5) is 11.0. The number of H-pyrrole nitrogens is 1. The van der Waals surface area contributed by atoms with E-state index in [0.717, 1.165) is 16.9 Å². The van der Waals surface area contributed by atoms with Crippen molar-refractivity contribution in [3.05, 3.63) is 35.5 Å². The van der Waals surface area contributed by atoms with Crippen molar-refractivity contribution < 1.29 is 14.6 Å². The van der Waals surface area contributed by atoms with Gasteiger partial charge in [0.1, 0.15) is 11.3 Å². The van der Waals surface area contributed by atoms with Crippen molar-refractivity contribution in [2.75, 3.05) is 7.11 Å². The molecule has 0 spiro atoms. The fraction of sp³-hybridized carbons (Fsp3) is 0.167. The molecule has 0 radical (unpaired) electrons. The van der Waals surface area contributed by atoms with Gasteiger partial charge in [-0.2, -0.15) is 5.10 Å². The van der Waals surface area contributed by atoms with Crippen LogP contribution in [0.15, 0.2) is 24.4 Å². The number of aromatic amines is 1. The molecule has 2 aromatic rings. The van der Waals surface area contributed by atoms with Crippen molar-refractivity contribution in [2.45, 2.75) is 6.92 Å². The van der Waals surface area contributed by atoms with E-state index in [-0.39, 0.29) is 5.56 Å². The Morgan fingerprint density at radius 3 is 2.82 bits per heavy atom. The predicted octanol–water partition coefficient (Wildman–Crippen LogP) is 2.09. The summed E-state index contributed by atoms with van der Waals surface area (Å²) in [7, 11) is 1.60. The predicted molar refractivity (Wildman–Crippen MR) is 62.3 cm³/mol. The first-order valence-electron chi connectivity index (χ1n) is 5.05. The number of hydrogen-bond donors (Lipinski definition) is 2. The number of nitrogens with one attached hydrogen (secondary N) is 1. The number of carboxylic acid groups (broad SMARTS) is 1. The van der Waals surface area contributed by atoms with Gasteiger partial charge in [-0.3, -0.25) is 5.10 Å². The molecular formula is C12H12N2O3. The Bertz CT molecular complexity index is 561. The average molecular weight is 232 g/mol. The number of aromatic nitrogens is 2. The van der Waals surface area contributed by atoms with Crippen LogP contribution in [-0.4, -0.2) is 28.4 Å². The molecule has 1 aromatic carbocycles. The van der Waals surface area contributed by atoms with Gasteiger partial charge >= 0.3 is 5.97 Å². The second-order valence-electron chi connectivity index (χ2n) is 3.65. The summed E-state index contributed by atoms with van der Waals surface area (Å²) in [6.45, 7) is 1.90. The van der Waals surface area contributed by atoms with Crippen LogP contribution < -0.4 is 4.74 Å². The highest BCUT2D eigenvalue weighted by atomic mass is 16.5. The first-order chi connectivity index (χ1) is 8.13. The molecule has 2 rings (SSSR count). The maximum absolute atomic E-state index is 11.0. The number of carboxylic acids is 1. The fourth-order valence-electron chi connectivity index (χ4n) is 1.70. The van der Waals surface area contributed by atoms with E-state index in [4.69, 9.17) is 9.84 Å². The normalized spacial score (nSPS) is 10.2. The Morgan fingerprint density at radius 1 is 1.47 bits per heavy atom. The van der Waals surface area contributed by atoms with E-state index >= 15 is 0 Å². The molecule has 5 heteroatoms. The smallest absolute Gasteiger partial charge is 0.339 e. The van der Waals surface area contributed by atoms with Crippen molar-refractivity contribution >= 4 is 5.97 Å². The third-order valence-electron chi connectivity index (χ3n) is 2.55. The third-order valence-corrected chi connectivity index (χ3v) is 2.55. The molecule has 1 heterocycles. The third kappa shape index (κ3) is 1.99. The zero-order valence-corrected chi connectivity index (χ0v) is 9.52. The van der Waals surface area contributed by atoms with Gasteiger partial charge in [0.05, 0.1) is 19.0 Å². The molecule has 0 amide bonds. The van der Waals surface area contributed by atoms with E-state index < -0.39 is 5.97 Å². The molecule has 0 saturated heterocycles. The quantitative estimate of drug-likeness (QED) is 0.849. The van der Waals surface area contributed by atoms with E-state index in [2.05, 4.69) is 10.2 Å². The van der Waals surface area contributed by atoms with Gasteiger partial charge in [-0.1, -0.05) is 0 Å². The largest absolute Gasteiger partial charge is 0.496 e. The number of carbonyl (C=O) groups is 1. The van der Waals surface area contributed by atoms with Crippen LogP contribution in [0.1, 0.15) is 15.9 Å². The molecule has 0 fully saturated rings. The van der Waals surface area contributed by atoms with E-state index in [0.29, 0.717) is 5.69 Å². The second kappa shape index (κ2) is 4.29. The minimum absolute atomic E-state index is 0.162. The summed E-state index contributed by atoms with van der Waals surface area (Å²) in [5.41, 5.74) is 2.38. The van der Waals surface area contributed by atoms with Gasteiger partial charge in [-0.15, -0.1) is 0 Å². The molecular weight excluding hydrogens is 220 g/mol. The molecule has 0 aliphatic carbocycles. The van der Waals surface area contributed by atoms with Gasteiger partial charge in [0.2, 0.25) is 0 Å². The van der Waals surface area contributed by atoms with Crippen molar-refractivity contribution in [1.82, 2.24) is 10.2 Å². The molecule has 0 saturated carbocycles. The highest BCUT2D eigenvalue weighted by Crippen LogP contribution is 2.26. The van der Waals surface area contributed by atoms with Crippen LogP contribution in [0.3, 0.4) is 0 Å². The summed E-state index contributed by atoms with van der Waals surface area (Å²) in [6, 6.07) is 5.46. The van der Waals surface area contributed by atoms with Crippen molar-refractivity contribution in [3.8, 4) is 17.0 Å². The average Bonchev–Trinajstić information content (AvgIpc) is 2.77. The number of benzene rings is 1. The van der Waals surface area contributed by atoms with Gasteiger partial charge in [0.25, 0.3) is 0 Å². The Morgan fingerprint density at radius 2 is 2.24 bits per heavy atom. The maximum Gasteiger partial charge on any atom is 0.339 e. The second-order valence-corrected chi connectivity index (χ2v) is 3.65. The van der Waals surface area contributed by atoms with Crippen LogP contribution in [0.2, 0.25) is 0 Å². The van der Waals surface area contributed by atoms with E-state index in [9.17, 15) is 4.79 Å². The molecule has 0 bridgehead atoms. The lowest BCUT2D eigenvalue weighted by Gasteiger charge is -2.06. The molecule has 17 heavy (non-hydrogen) atoms. The standard InChI is InChI=1S/C12H12N2O3/c1-7-5-8(3-4-10(7)17-2)11-9(12(15)16)6-13-14-11/h3-6H,1-2H3,(H,13,14)(H,15,16). The topological polar surface area (TPSA) is 75.2 Å². The highest BCUT2D eigenvalue weighted by Gasteiger charge is 2.14. The van der Waals surface area contributed by atoms with Gasteiger partial charge in [-0.05, 0) is 30.7 Å². The maximum atomic E-state index is 11.0. The first-order valence-corrected chi connectivity index (χ1v) is 5.05. The monoisotopic (exact) mass is 232 g/mol. The molecule has 2 N–H and O–H groups in total. The Labute approximate surface area is 98.0 Å². The fourth-order valence-corrected chi connectivity index (χ4v) is 1.70. The molecule has 0 unspecified atom stereocenters. The number of nitrogens with zero attached hydrogens (tertiary/aromatic N) is 1. The van der Waals surface area contributed by atoms with Gasteiger partial charge in [-0.25, -0.2) is 4.79 Å². The van der Waals surface area contributed by atoms with Gasteiger partial charge in [0, 0.05) is 5.56 Å². The SMILES string of the molecule is COc1ccc(-c2[nH]ncc2C(=O)O)cc1C. The minimum atomic E-state index is -0.998. The van der Waals surface area contributed by atoms with Crippen LogP contribution in [0.5, 0.6) is 5.75 Å². The number of ether oxygens (including phenoxy) is 1. The van der Waals surface area contributed by atoms with Crippen LogP contribution in [0.25, 0.3) is 11.3 Å². The van der Waals surface area contributed by atoms with Crippen molar-refractivity contribution in [2.24, 2.45) is 0 Å². The molecule has 0 aliphatic rings. The molecule has 0 aliphatic heterocycles. The number of hydrogen-bond acceptors (Lipinski definition) is 3. The molecule has 88 valence electrons. The van der Waals surface area contributed by atoms with E-state index in [1.807, 2.05) is 13.0 Å². The van der Waals surface area contributed by atoms with Crippen molar-refractivity contribution in [1.29, 1.82) is 0 Å².